The molecule has 2 saturated carbocycles. The van der Waals surface area contributed by atoms with Crippen LogP contribution in [0.1, 0.15) is 46.0 Å². The summed E-state index contributed by atoms with van der Waals surface area (Å²) >= 11 is 2.18. The summed E-state index contributed by atoms with van der Waals surface area (Å²) in [7, 11) is 0. The Labute approximate surface area is 133 Å². The maximum atomic E-state index is 12.2. The minimum absolute atomic E-state index is 0.0504. The van der Waals surface area contributed by atoms with Gasteiger partial charge >= 0.3 is 11.9 Å². The highest BCUT2D eigenvalue weighted by atomic mass is 127. The second kappa shape index (κ2) is 4.85. The minimum Gasteiger partial charge on any atom is -0.465 e. The second-order valence-corrected chi connectivity index (χ2v) is 9.21. The van der Waals surface area contributed by atoms with Gasteiger partial charge in [-0.05, 0) is 44.4 Å². The molecular weight excluding hydrogens is 371 g/mol. The van der Waals surface area contributed by atoms with Crippen molar-refractivity contribution in [2.75, 3.05) is 6.61 Å². The minimum atomic E-state index is -0.427. The zero-order chi connectivity index (χ0) is 14.5. The molecule has 0 radical (unpaired) electrons. The van der Waals surface area contributed by atoms with Crippen LogP contribution >= 0.6 is 22.6 Å². The van der Waals surface area contributed by atoms with Gasteiger partial charge in [-0.25, -0.2) is 0 Å². The number of ether oxygens (including phenoxy) is 2. The van der Waals surface area contributed by atoms with Crippen molar-refractivity contribution in [2.24, 2.45) is 17.3 Å². The first-order chi connectivity index (χ1) is 9.36. The Morgan fingerprint density at radius 1 is 1.55 bits per heavy atom. The molecule has 1 spiro atoms. The molecule has 2 bridgehead atoms. The maximum absolute atomic E-state index is 12.2. The normalized spacial score (nSPS) is 41.8. The molecule has 112 valence electrons. The van der Waals surface area contributed by atoms with E-state index in [1.54, 1.807) is 0 Å². The summed E-state index contributed by atoms with van der Waals surface area (Å²) in [6, 6.07) is 0. The second-order valence-electron chi connectivity index (χ2n) is 6.83. The molecule has 0 aromatic carbocycles. The fourth-order valence-electron chi connectivity index (χ4n) is 4.05. The van der Waals surface area contributed by atoms with E-state index in [4.69, 9.17) is 9.47 Å². The largest absolute Gasteiger partial charge is 0.465 e. The summed E-state index contributed by atoms with van der Waals surface area (Å²) in [5, 5.41) is 0. The standard InChI is InChI=1S/C15H21IO4/c1-3-14(2,16)13(18)20-11-5-10-4-9(11)6-15(10)7-12(17)19-8-15/h9-11H,3-8H2,1-2H3. The molecule has 0 N–H and O–H groups in total. The van der Waals surface area contributed by atoms with Crippen LogP contribution in [-0.2, 0) is 19.1 Å². The van der Waals surface area contributed by atoms with E-state index in [9.17, 15) is 9.59 Å². The molecular formula is C15H21IO4. The first-order valence-corrected chi connectivity index (χ1v) is 8.50. The van der Waals surface area contributed by atoms with Crippen LogP contribution < -0.4 is 0 Å². The van der Waals surface area contributed by atoms with Gasteiger partial charge in [-0.3, -0.25) is 9.59 Å². The van der Waals surface area contributed by atoms with Crippen LogP contribution in [0.25, 0.3) is 0 Å². The lowest BCUT2D eigenvalue weighted by atomic mass is 9.72. The number of carbonyl (C=O) groups is 2. The molecule has 20 heavy (non-hydrogen) atoms. The fourth-order valence-corrected chi connectivity index (χ4v) is 4.17. The molecule has 5 heteroatoms. The van der Waals surface area contributed by atoms with Crippen molar-refractivity contribution in [1.82, 2.24) is 0 Å². The van der Waals surface area contributed by atoms with E-state index < -0.39 is 3.42 Å². The van der Waals surface area contributed by atoms with Gasteiger partial charge in [-0.2, -0.15) is 0 Å². The molecule has 4 nitrogen and oxygen atoms in total. The van der Waals surface area contributed by atoms with Gasteiger partial charge in [-0.15, -0.1) is 0 Å². The number of halogens is 1. The van der Waals surface area contributed by atoms with Gasteiger partial charge in [0.15, 0.2) is 0 Å². The molecule has 1 saturated heterocycles. The number of alkyl halides is 1. The van der Waals surface area contributed by atoms with Gasteiger partial charge in [0, 0.05) is 5.41 Å². The summed E-state index contributed by atoms with van der Waals surface area (Å²) in [6.45, 7) is 4.51. The van der Waals surface area contributed by atoms with E-state index in [-0.39, 0.29) is 23.5 Å². The number of fused-ring (bicyclic) bond motifs is 3. The van der Waals surface area contributed by atoms with Crippen molar-refractivity contribution >= 4 is 34.5 Å². The van der Waals surface area contributed by atoms with Gasteiger partial charge in [0.2, 0.25) is 0 Å². The molecule has 0 aromatic heterocycles. The van der Waals surface area contributed by atoms with Crippen LogP contribution in [0.5, 0.6) is 0 Å². The van der Waals surface area contributed by atoms with Crippen LogP contribution in [0.15, 0.2) is 0 Å². The predicted molar refractivity (Wildman–Crippen MR) is 81.4 cm³/mol. The highest BCUT2D eigenvalue weighted by Gasteiger charge is 2.59. The Morgan fingerprint density at radius 2 is 2.30 bits per heavy atom. The third-order valence-corrected chi connectivity index (χ3v) is 6.73. The third kappa shape index (κ3) is 2.25. The molecule has 1 heterocycles. The van der Waals surface area contributed by atoms with Crippen LogP contribution in [0, 0.1) is 17.3 Å². The number of hydrogen-bond donors (Lipinski definition) is 0. The molecule has 1 aliphatic heterocycles. The van der Waals surface area contributed by atoms with Crippen molar-refractivity contribution in [3.63, 3.8) is 0 Å². The van der Waals surface area contributed by atoms with Crippen molar-refractivity contribution in [1.29, 1.82) is 0 Å². The van der Waals surface area contributed by atoms with Crippen molar-refractivity contribution in [2.45, 2.75) is 55.5 Å². The average Bonchev–Trinajstić information content (AvgIpc) is 3.05. The van der Waals surface area contributed by atoms with E-state index in [2.05, 4.69) is 22.6 Å². The van der Waals surface area contributed by atoms with Crippen LogP contribution in [-0.4, -0.2) is 28.1 Å². The summed E-state index contributed by atoms with van der Waals surface area (Å²) in [6.07, 6.45) is 4.36. The Balaban J connectivity index is 1.62. The van der Waals surface area contributed by atoms with E-state index in [0.717, 1.165) is 25.7 Å². The van der Waals surface area contributed by atoms with Crippen molar-refractivity contribution < 1.29 is 19.1 Å². The quantitative estimate of drug-likeness (QED) is 0.421. The van der Waals surface area contributed by atoms with Crippen molar-refractivity contribution in [3.8, 4) is 0 Å². The number of carbonyl (C=O) groups excluding carboxylic acids is 2. The maximum Gasteiger partial charge on any atom is 0.322 e. The molecule has 0 amide bonds. The van der Waals surface area contributed by atoms with Gasteiger partial charge < -0.3 is 9.47 Å². The zero-order valence-electron chi connectivity index (χ0n) is 12.0. The smallest absolute Gasteiger partial charge is 0.322 e. The SMILES string of the molecule is CCC(C)(I)C(=O)OC1CC2CC1CC21COC(=O)C1. The van der Waals surface area contributed by atoms with Crippen LogP contribution in [0.2, 0.25) is 0 Å². The zero-order valence-corrected chi connectivity index (χ0v) is 14.1. The van der Waals surface area contributed by atoms with Gasteiger partial charge in [-0.1, -0.05) is 29.5 Å². The van der Waals surface area contributed by atoms with Gasteiger partial charge in [0.25, 0.3) is 0 Å². The highest BCUT2D eigenvalue weighted by molar-refractivity contribution is 14.1. The highest BCUT2D eigenvalue weighted by Crippen LogP contribution is 2.60. The number of esters is 2. The van der Waals surface area contributed by atoms with Crippen molar-refractivity contribution in [3.05, 3.63) is 0 Å². The molecule has 3 fully saturated rings. The van der Waals surface area contributed by atoms with Crippen LogP contribution in [0.4, 0.5) is 0 Å². The van der Waals surface area contributed by atoms with E-state index in [1.165, 1.54) is 0 Å². The Morgan fingerprint density at radius 3 is 2.80 bits per heavy atom. The van der Waals surface area contributed by atoms with Gasteiger partial charge in [0.05, 0.1) is 13.0 Å². The lowest BCUT2D eigenvalue weighted by Gasteiger charge is -2.35. The number of cyclic esters (lactones) is 1. The number of rotatable bonds is 3. The number of hydrogen-bond acceptors (Lipinski definition) is 4. The lowest BCUT2D eigenvalue weighted by molar-refractivity contribution is -0.154. The predicted octanol–water partition coefficient (Wildman–Crippen LogP) is 2.87. The third-order valence-electron chi connectivity index (χ3n) is 5.53. The summed E-state index contributed by atoms with van der Waals surface area (Å²) < 4.78 is 10.5. The van der Waals surface area contributed by atoms with E-state index >= 15 is 0 Å². The van der Waals surface area contributed by atoms with Gasteiger partial charge in [0.1, 0.15) is 9.53 Å². The average molecular weight is 392 g/mol. The topological polar surface area (TPSA) is 52.6 Å². The summed E-state index contributed by atoms with van der Waals surface area (Å²) in [4.78, 5) is 23.6. The van der Waals surface area contributed by atoms with E-state index in [0.29, 0.717) is 24.9 Å². The summed E-state index contributed by atoms with van der Waals surface area (Å²) in [5.41, 5.74) is 0.0586. The molecule has 3 aliphatic rings. The van der Waals surface area contributed by atoms with Crippen LogP contribution in [0.3, 0.4) is 0 Å². The first kappa shape index (κ1) is 14.6. The molecule has 5 atom stereocenters. The molecule has 5 unspecified atom stereocenters. The Bertz CT molecular complexity index is 447. The Kier molecular flexibility index (Phi) is 3.54. The van der Waals surface area contributed by atoms with E-state index in [1.807, 2.05) is 13.8 Å². The monoisotopic (exact) mass is 392 g/mol. The lowest BCUT2D eigenvalue weighted by Crippen LogP contribution is -2.39. The fraction of sp³-hybridized carbons (Fsp3) is 0.867. The summed E-state index contributed by atoms with van der Waals surface area (Å²) in [5.74, 6) is 0.754. The molecule has 3 rings (SSSR count). The molecule has 2 aliphatic carbocycles. The first-order valence-electron chi connectivity index (χ1n) is 7.42. The Hall–Kier alpha value is -0.330. The molecule has 0 aromatic rings.